The van der Waals surface area contributed by atoms with Crippen LogP contribution in [0.1, 0.15) is 50.5 Å². The van der Waals surface area contributed by atoms with Crippen molar-refractivity contribution < 1.29 is 37.0 Å². The third-order valence-electron chi connectivity index (χ3n) is 4.80. The quantitative estimate of drug-likeness (QED) is 0.681. The smallest absolute Gasteiger partial charge is 0.354 e. The van der Waals surface area contributed by atoms with Crippen molar-refractivity contribution in [3.05, 3.63) is 52.5 Å². The molecule has 3 rings (SSSR count). The zero-order valence-electron chi connectivity index (χ0n) is 15.9. The second-order valence-corrected chi connectivity index (χ2v) is 6.84. The number of aryl methyl sites for hydroxylation is 1. The minimum Gasteiger partial charge on any atom is -0.477 e. The van der Waals surface area contributed by atoms with Gasteiger partial charge in [0.25, 0.3) is 5.91 Å². The fourth-order valence-electron chi connectivity index (χ4n) is 3.12. The maximum Gasteiger partial charge on any atom is 0.354 e. The molecule has 0 radical (unpaired) electrons. The summed E-state index contributed by atoms with van der Waals surface area (Å²) in [6.45, 7) is 1.71. The lowest BCUT2D eigenvalue weighted by atomic mass is 10.1. The highest BCUT2D eigenvalue weighted by atomic mass is 19.3. The fourth-order valence-corrected chi connectivity index (χ4v) is 3.12. The van der Waals surface area contributed by atoms with E-state index in [0.717, 1.165) is 0 Å². The van der Waals surface area contributed by atoms with E-state index in [4.69, 9.17) is 4.74 Å². The van der Waals surface area contributed by atoms with Crippen LogP contribution in [0.5, 0.6) is 5.88 Å². The standard InChI is InChI=1S/C19H17F4N3O4/c1-9-5-11(6-25-15(9)30-8-19(22,23)18(20)21)10(2)26-7-13-12(16(26)27)3-4-24-14(13)17(28)29/h3-6,10,18H,7-8H2,1-2H3,(H,28,29). The first-order chi connectivity index (χ1) is 14.0. The van der Waals surface area contributed by atoms with Crippen LogP contribution in [0.15, 0.2) is 24.5 Å². The van der Waals surface area contributed by atoms with Crippen LogP contribution in [-0.2, 0) is 6.54 Å². The van der Waals surface area contributed by atoms with Gasteiger partial charge in [-0.15, -0.1) is 0 Å². The number of fused-ring (bicyclic) bond motifs is 1. The first-order valence-corrected chi connectivity index (χ1v) is 8.80. The minimum atomic E-state index is -4.30. The van der Waals surface area contributed by atoms with Crippen molar-refractivity contribution in [2.24, 2.45) is 0 Å². The van der Waals surface area contributed by atoms with Crippen LogP contribution in [0.25, 0.3) is 0 Å². The summed E-state index contributed by atoms with van der Waals surface area (Å²) >= 11 is 0. The Balaban J connectivity index is 1.79. The number of carboxylic acid groups (broad SMARTS) is 1. The molecule has 7 nitrogen and oxygen atoms in total. The molecule has 0 bridgehead atoms. The second-order valence-electron chi connectivity index (χ2n) is 6.84. The van der Waals surface area contributed by atoms with Crippen LogP contribution in [0, 0.1) is 6.92 Å². The number of ether oxygens (including phenoxy) is 1. The lowest BCUT2D eigenvalue weighted by Gasteiger charge is -2.25. The van der Waals surface area contributed by atoms with Crippen LogP contribution < -0.4 is 4.74 Å². The van der Waals surface area contributed by atoms with E-state index in [2.05, 4.69) is 9.97 Å². The molecule has 11 heteroatoms. The fraction of sp³-hybridized carbons (Fsp3) is 0.368. The molecule has 1 atom stereocenters. The van der Waals surface area contributed by atoms with Gasteiger partial charge in [-0.3, -0.25) is 4.79 Å². The van der Waals surface area contributed by atoms with Crippen LogP contribution in [0.3, 0.4) is 0 Å². The number of aromatic nitrogens is 2. The van der Waals surface area contributed by atoms with E-state index in [1.807, 2.05) is 0 Å². The van der Waals surface area contributed by atoms with Crippen LogP contribution in [-0.4, -0.2) is 50.8 Å². The number of aromatic carboxylic acids is 1. The number of halogens is 4. The van der Waals surface area contributed by atoms with Gasteiger partial charge < -0.3 is 14.7 Å². The summed E-state index contributed by atoms with van der Waals surface area (Å²) in [4.78, 5) is 33.2. The van der Waals surface area contributed by atoms with Gasteiger partial charge in [-0.2, -0.15) is 8.78 Å². The van der Waals surface area contributed by atoms with E-state index in [-0.39, 0.29) is 29.6 Å². The van der Waals surface area contributed by atoms with Gasteiger partial charge in [0.2, 0.25) is 5.88 Å². The summed E-state index contributed by atoms with van der Waals surface area (Å²) in [6, 6.07) is 2.45. The van der Waals surface area contributed by atoms with Crippen molar-refractivity contribution >= 4 is 11.9 Å². The number of hydrogen-bond acceptors (Lipinski definition) is 5. The maximum absolute atomic E-state index is 13.0. The van der Waals surface area contributed by atoms with Gasteiger partial charge in [0, 0.05) is 35.6 Å². The van der Waals surface area contributed by atoms with E-state index in [1.54, 1.807) is 13.0 Å². The summed E-state index contributed by atoms with van der Waals surface area (Å²) in [5, 5.41) is 9.27. The van der Waals surface area contributed by atoms with E-state index >= 15 is 0 Å². The van der Waals surface area contributed by atoms with Crippen molar-refractivity contribution in [1.82, 2.24) is 14.9 Å². The maximum atomic E-state index is 13.0. The predicted octanol–water partition coefficient (Wildman–Crippen LogP) is 3.48. The summed E-state index contributed by atoms with van der Waals surface area (Å²) in [5.41, 5.74) is 1.20. The van der Waals surface area contributed by atoms with Crippen molar-refractivity contribution in [3.8, 4) is 5.88 Å². The van der Waals surface area contributed by atoms with E-state index < -0.39 is 31.0 Å². The summed E-state index contributed by atoms with van der Waals surface area (Å²) in [5.74, 6) is -6.14. The summed E-state index contributed by atoms with van der Waals surface area (Å²) in [7, 11) is 0. The first-order valence-electron chi connectivity index (χ1n) is 8.80. The van der Waals surface area contributed by atoms with E-state index in [9.17, 15) is 32.3 Å². The average Bonchev–Trinajstić information content (AvgIpc) is 3.03. The third-order valence-corrected chi connectivity index (χ3v) is 4.80. The molecular weight excluding hydrogens is 410 g/mol. The molecule has 0 fully saturated rings. The first kappa shape index (κ1) is 21.5. The number of pyridine rings is 2. The number of alkyl halides is 4. The molecule has 160 valence electrons. The van der Waals surface area contributed by atoms with Gasteiger partial charge in [-0.1, -0.05) is 0 Å². The topological polar surface area (TPSA) is 92.6 Å². The molecule has 1 amide bonds. The molecule has 2 aromatic rings. The normalized spacial score (nSPS) is 14.8. The average molecular weight is 427 g/mol. The molecule has 30 heavy (non-hydrogen) atoms. The third kappa shape index (κ3) is 3.91. The zero-order chi connectivity index (χ0) is 22.2. The summed E-state index contributed by atoms with van der Waals surface area (Å²) in [6.07, 6.45) is -1.31. The molecule has 0 saturated carbocycles. The Kier molecular flexibility index (Phi) is 5.64. The molecule has 0 saturated heterocycles. The molecule has 1 aliphatic heterocycles. The Bertz CT molecular complexity index is 1000. The van der Waals surface area contributed by atoms with Crippen molar-refractivity contribution in [3.63, 3.8) is 0 Å². The zero-order valence-corrected chi connectivity index (χ0v) is 15.9. The van der Waals surface area contributed by atoms with Gasteiger partial charge in [-0.25, -0.2) is 23.5 Å². The number of carbonyl (C=O) groups is 2. The second kappa shape index (κ2) is 7.88. The Hall–Kier alpha value is -3.24. The molecule has 2 aromatic heterocycles. The van der Waals surface area contributed by atoms with Crippen LogP contribution in [0.2, 0.25) is 0 Å². The largest absolute Gasteiger partial charge is 0.477 e. The lowest BCUT2D eigenvalue weighted by molar-refractivity contribution is -0.148. The van der Waals surface area contributed by atoms with Crippen molar-refractivity contribution in [2.75, 3.05) is 6.61 Å². The lowest BCUT2D eigenvalue weighted by Crippen LogP contribution is -2.34. The number of carboxylic acids is 1. The number of carbonyl (C=O) groups excluding carboxylic acids is 1. The summed E-state index contributed by atoms with van der Waals surface area (Å²) < 4.78 is 55.3. The van der Waals surface area contributed by atoms with Gasteiger partial charge in [0.05, 0.1) is 6.04 Å². The minimum absolute atomic E-state index is 0.0305. The number of rotatable bonds is 7. The SMILES string of the molecule is Cc1cc(C(C)N2Cc3c(ccnc3C(=O)O)C2=O)cnc1OCC(F)(F)C(F)F. The Morgan fingerprint density at radius 2 is 2.07 bits per heavy atom. The van der Waals surface area contributed by atoms with Crippen LogP contribution in [0.4, 0.5) is 17.6 Å². The molecule has 3 heterocycles. The van der Waals surface area contributed by atoms with Gasteiger partial charge in [-0.05, 0) is 31.5 Å². The number of nitrogens with zero attached hydrogens (tertiary/aromatic N) is 3. The number of amides is 1. The highest BCUT2D eigenvalue weighted by molar-refractivity contribution is 6.01. The Labute approximate surface area is 168 Å². The molecule has 0 aromatic carbocycles. The Morgan fingerprint density at radius 3 is 2.67 bits per heavy atom. The number of hydrogen-bond donors (Lipinski definition) is 1. The molecule has 1 aliphatic rings. The predicted molar refractivity (Wildman–Crippen MR) is 94.9 cm³/mol. The monoisotopic (exact) mass is 427 g/mol. The van der Waals surface area contributed by atoms with Crippen molar-refractivity contribution in [1.29, 1.82) is 0 Å². The van der Waals surface area contributed by atoms with Gasteiger partial charge in [0.1, 0.15) is 0 Å². The highest BCUT2D eigenvalue weighted by Crippen LogP contribution is 2.33. The van der Waals surface area contributed by atoms with Gasteiger partial charge >= 0.3 is 18.3 Å². The molecular formula is C19H17F4N3O4. The van der Waals surface area contributed by atoms with E-state index in [0.29, 0.717) is 16.7 Å². The molecule has 1 unspecified atom stereocenters. The molecule has 0 aliphatic carbocycles. The van der Waals surface area contributed by atoms with E-state index in [1.165, 1.54) is 30.3 Å². The van der Waals surface area contributed by atoms with Crippen molar-refractivity contribution in [2.45, 2.75) is 38.8 Å². The Morgan fingerprint density at radius 1 is 1.37 bits per heavy atom. The van der Waals surface area contributed by atoms with Crippen LogP contribution >= 0.6 is 0 Å². The highest BCUT2D eigenvalue weighted by Gasteiger charge is 2.42. The van der Waals surface area contributed by atoms with Gasteiger partial charge in [0.15, 0.2) is 12.3 Å². The molecule has 1 N–H and O–H groups in total. The molecule has 0 spiro atoms.